The zero-order valence-corrected chi connectivity index (χ0v) is 6.18. The van der Waals surface area contributed by atoms with Crippen LogP contribution in [-0.4, -0.2) is 26.6 Å². The molecular weight excluding hydrogens is 146 g/mol. The van der Waals surface area contributed by atoms with Gasteiger partial charge in [-0.05, 0) is 6.54 Å². The molecule has 0 atom stereocenters. The minimum absolute atomic E-state index is 0.750. The molecule has 0 bridgehead atoms. The lowest BCUT2D eigenvalue weighted by Gasteiger charge is -1.82. The lowest BCUT2D eigenvalue weighted by molar-refractivity contribution is 0.324. The standard InChI is InChI=1S/C2H7N.CH4O4S/c1-2-3;1-5-6(2,3)4/h2-3H2,1H3;1H3,(H,2,3,4). The summed E-state index contributed by atoms with van der Waals surface area (Å²) in [6, 6.07) is 0. The van der Waals surface area contributed by atoms with Gasteiger partial charge in [-0.1, -0.05) is 6.92 Å². The third-order valence-electron chi connectivity index (χ3n) is 0.211. The fourth-order valence-corrected chi connectivity index (χ4v) is 0. The topological polar surface area (TPSA) is 89.6 Å². The molecule has 58 valence electrons. The molecule has 6 heteroatoms. The quantitative estimate of drug-likeness (QED) is 0.496. The minimum Gasteiger partial charge on any atom is -0.331 e. The molecular formula is C3H11NO4S. The smallest absolute Gasteiger partial charge is 0.331 e. The Kier molecular flexibility index (Phi) is 7.68. The first-order valence-corrected chi connectivity index (χ1v) is 3.57. The van der Waals surface area contributed by atoms with Crippen molar-refractivity contribution in [3.8, 4) is 0 Å². The van der Waals surface area contributed by atoms with Crippen molar-refractivity contribution in [1.29, 1.82) is 0 Å². The zero-order valence-electron chi connectivity index (χ0n) is 5.36. The molecule has 0 unspecified atom stereocenters. The van der Waals surface area contributed by atoms with Crippen LogP contribution in [0.15, 0.2) is 0 Å². The SMILES string of the molecule is CCN.COS(=O)(=O)O. The van der Waals surface area contributed by atoms with Crippen molar-refractivity contribution < 1.29 is 17.2 Å². The van der Waals surface area contributed by atoms with Gasteiger partial charge >= 0.3 is 10.4 Å². The summed E-state index contributed by atoms with van der Waals surface area (Å²) >= 11 is 0. The average molecular weight is 157 g/mol. The Labute approximate surface area is 54.8 Å². The summed E-state index contributed by atoms with van der Waals surface area (Å²) in [7, 11) is -3.29. The van der Waals surface area contributed by atoms with Crippen LogP contribution in [0, 0.1) is 0 Å². The van der Waals surface area contributed by atoms with E-state index in [-0.39, 0.29) is 0 Å². The maximum Gasteiger partial charge on any atom is 0.397 e. The van der Waals surface area contributed by atoms with Crippen molar-refractivity contribution in [2.24, 2.45) is 5.73 Å². The second-order valence-electron chi connectivity index (χ2n) is 1.00. The molecule has 0 heterocycles. The number of nitrogens with two attached hydrogens (primary N) is 1. The van der Waals surface area contributed by atoms with Crippen LogP contribution in [0.3, 0.4) is 0 Å². The van der Waals surface area contributed by atoms with Crippen LogP contribution in [0.5, 0.6) is 0 Å². The Morgan fingerprint density at radius 3 is 1.78 bits per heavy atom. The Morgan fingerprint density at radius 2 is 1.78 bits per heavy atom. The first-order valence-electron chi connectivity index (χ1n) is 2.21. The fourth-order valence-electron chi connectivity index (χ4n) is 0. The van der Waals surface area contributed by atoms with Crippen molar-refractivity contribution in [3.05, 3.63) is 0 Å². The molecule has 0 rings (SSSR count). The Hall–Kier alpha value is -0.170. The summed E-state index contributed by atoms with van der Waals surface area (Å²) < 4.78 is 29.7. The van der Waals surface area contributed by atoms with Crippen LogP contribution in [0.25, 0.3) is 0 Å². The van der Waals surface area contributed by atoms with Gasteiger partial charge in [-0.3, -0.25) is 8.74 Å². The van der Waals surface area contributed by atoms with Crippen LogP contribution >= 0.6 is 0 Å². The zero-order chi connectivity index (χ0) is 7.91. The van der Waals surface area contributed by atoms with E-state index in [4.69, 9.17) is 10.3 Å². The summed E-state index contributed by atoms with van der Waals surface area (Å²) in [6.45, 7) is 2.65. The Bertz CT molecular complexity index is 129. The maximum atomic E-state index is 9.33. The molecule has 0 aliphatic carbocycles. The predicted octanol–water partition coefficient (Wildman–Crippen LogP) is -0.599. The molecule has 0 amide bonds. The molecule has 0 aromatic carbocycles. The van der Waals surface area contributed by atoms with Crippen LogP contribution in [0.1, 0.15) is 6.92 Å². The Balaban J connectivity index is 0. The van der Waals surface area contributed by atoms with E-state index in [0.717, 1.165) is 13.7 Å². The monoisotopic (exact) mass is 157 g/mol. The van der Waals surface area contributed by atoms with E-state index in [1.807, 2.05) is 6.92 Å². The first-order chi connectivity index (χ1) is 3.97. The van der Waals surface area contributed by atoms with E-state index in [1.54, 1.807) is 0 Å². The highest BCUT2D eigenvalue weighted by atomic mass is 32.3. The highest BCUT2D eigenvalue weighted by Gasteiger charge is 1.93. The highest BCUT2D eigenvalue weighted by Crippen LogP contribution is 1.74. The molecule has 0 radical (unpaired) electrons. The lowest BCUT2D eigenvalue weighted by atomic mass is 10.8. The van der Waals surface area contributed by atoms with Crippen molar-refractivity contribution in [2.75, 3.05) is 13.7 Å². The van der Waals surface area contributed by atoms with Crippen molar-refractivity contribution >= 4 is 10.4 Å². The second-order valence-corrected chi connectivity index (χ2v) is 2.19. The van der Waals surface area contributed by atoms with E-state index in [2.05, 4.69) is 4.18 Å². The van der Waals surface area contributed by atoms with E-state index >= 15 is 0 Å². The van der Waals surface area contributed by atoms with E-state index in [0.29, 0.717) is 0 Å². The molecule has 0 spiro atoms. The summed E-state index contributed by atoms with van der Waals surface area (Å²) in [4.78, 5) is 0. The molecule has 0 aromatic heterocycles. The average Bonchev–Trinajstić information content (AvgIpc) is 1.67. The molecule has 9 heavy (non-hydrogen) atoms. The van der Waals surface area contributed by atoms with Crippen molar-refractivity contribution in [1.82, 2.24) is 0 Å². The van der Waals surface area contributed by atoms with Gasteiger partial charge in [0.2, 0.25) is 0 Å². The number of hydrogen-bond donors (Lipinski definition) is 2. The van der Waals surface area contributed by atoms with E-state index in [9.17, 15) is 8.42 Å². The van der Waals surface area contributed by atoms with Crippen LogP contribution in [0.2, 0.25) is 0 Å². The van der Waals surface area contributed by atoms with Gasteiger partial charge in [0, 0.05) is 0 Å². The third kappa shape index (κ3) is 33.2. The van der Waals surface area contributed by atoms with Gasteiger partial charge in [0.05, 0.1) is 7.11 Å². The van der Waals surface area contributed by atoms with Crippen LogP contribution < -0.4 is 5.73 Å². The maximum absolute atomic E-state index is 9.33. The van der Waals surface area contributed by atoms with Crippen molar-refractivity contribution in [3.63, 3.8) is 0 Å². The summed E-state index contributed by atoms with van der Waals surface area (Å²) in [5, 5.41) is 0. The van der Waals surface area contributed by atoms with Gasteiger partial charge in [0.15, 0.2) is 0 Å². The molecule has 0 aliphatic rings. The summed E-state index contributed by atoms with van der Waals surface area (Å²) in [5.74, 6) is 0. The number of rotatable bonds is 1. The largest absolute Gasteiger partial charge is 0.397 e. The third-order valence-corrected chi connectivity index (χ3v) is 0.632. The van der Waals surface area contributed by atoms with Gasteiger partial charge in [0.1, 0.15) is 0 Å². The summed E-state index contributed by atoms with van der Waals surface area (Å²) in [6.07, 6.45) is 0. The summed E-state index contributed by atoms with van der Waals surface area (Å²) in [5.41, 5.74) is 4.85. The first kappa shape index (κ1) is 11.6. The van der Waals surface area contributed by atoms with Gasteiger partial charge in [0.25, 0.3) is 0 Å². The molecule has 5 nitrogen and oxygen atoms in total. The molecule has 0 saturated heterocycles. The van der Waals surface area contributed by atoms with Gasteiger partial charge < -0.3 is 5.73 Å². The normalized spacial score (nSPS) is 9.78. The Morgan fingerprint density at radius 1 is 1.67 bits per heavy atom. The number of hydrogen-bond acceptors (Lipinski definition) is 4. The van der Waals surface area contributed by atoms with Gasteiger partial charge in [-0.2, -0.15) is 8.42 Å². The molecule has 3 N–H and O–H groups in total. The van der Waals surface area contributed by atoms with Crippen LogP contribution in [0.4, 0.5) is 0 Å². The fraction of sp³-hybridized carbons (Fsp3) is 1.00. The van der Waals surface area contributed by atoms with Gasteiger partial charge in [-0.15, -0.1) is 0 Å². The van der Waals surface area contributed by atoms with Crippen LogP contribution in [-0.2, 0) is 14.6 Å². The lowest BCUT2D eigenvalue weighted by Crippen LogP contribution is -1.96. The molecule has 0 saturated carbocycles. The minimum atomic E-state index is -4.16. The van der Waals surface area contributed by atoms with E-state index in [1.165, 1.54) is 0 Å². The molecule has 0 aromatic rings. The van der Waals surface area contributed by atoms with Gasteiger partial charge in [-0.25, -0.2) is 0 Å². The second kappa shape index (κ2) is 5.96. The predicted molar refractivity (Wildman–Crippen MR) is 33.3 cm³/mol. The highest BCUT2D eigenvalue weighted by molar-refractivity contribution is 7.80. The molecule has 0 aliphatic heterocycles. The van der Waals surface area contributed by atoms with Crippen molar-refractivity contribution in [2.45, 2.75) is 6.92 Å². The van der Waals surface area contributed by atoms with E-state index < -0.39 is 10.4 Å². The molecule has 0 fully saturated rings.